The maximum Gasteiger partial charge on any atom is 0.227 e. The molecule has 7 nitrogen and oxygen atoms in total. The largest absolute Gasteiger partial charge is 0.365 e. The molecule has 0 saturated carbocycles. The van der Waals surface area contributed by atoms with E-state index in [1.807, 2.05) is 43.5 Å². The van der Waals surface area contributed by atoms with Gasteiger partial charge in [-0.05, 0) is 67.9 Å². The zero-order valence-corrected chi connectivity index (χ0v) is 20.5. The fourth-order valence-corrected chi connectivity index (χ4v) is 6.09. The van der Waals surface area contributed by atoms with E-state index in [0.717, 1.165) is 63.0 Å². The highest BCUT2D eigenvalue weighted by Crippen LogP contribution is 2.27. The summed E-state index contributed by atoms with van der Waals surface area (Å²) in [4.78, 5) is 14.3. The van der Waals surface area contributed by atoms with Gasteiger partial charge in [-0.2, -0.15) is 0 Å². The molecule has 1 fully saturated rings. The molecule has 4 aromatic rings. The number of fused-ring (bicyclic) bond motifs is 1. The molecule has 0 spiro atoms. The average Bonchev–Trinajstić information content (AvgIpc) is 3.31. The lowest BCUT2D eigenvalue weighted by atomic mass is 10.2. The van der Waals surface area contributed by atoms with Crippen LogP contribution in [0.15, 0.2) is 59.8 Å². The molecule has 5 rings (SSSR count). The fourth-order valence-electron chi connectivity index (χ4n) is 3.84. The molecule has 1 atom stereocenters. The summed E-state index contributed by atoms with van der Waals surface area (Å²) in [6, 6.07) is 14.0. The summed E-state index contributed by atoms with van der Waals surface area (Å²) in [7, 11) is 0.913. The minimum absolute atomic E-state index is 0.234. The maximum absolute atomic E-state index is 12.8. The molecule has 3 heterocycles. The third-order valence-corrected chi connectivity index (χ3v) is 8.56. The Hall–Kier alpha value is -3.14. The predicted octanol–water partition coefficient (Wildman–Crippen LogP) is 4.90. The summed E-state index contributed by atoms with van der Waals surface area (Å²) in [6.07, 6.45) is 9.50. The van der Waals surface area contributed by atoms with Gasteiger partial charge in [0.05, 0.1) is 21.0 Å². The van der Waals surface area contributed by atoms with E-state index in [9.17, 15) is 4.21 Å². The summed E-state index contributed by atoms with van der Waals surface area (Å²) in [5.41, 5.74) is 3.84. The Kier molecular flexibility index (Phi) is 6.94. The number of benzene rings is 2. The minimum Gasteiger partial charge on any atom is -0.365 e. The molecule has 1 unspecified atom stereocenters. The zero-order valence-electron chi connectivity index (χ0n) is 18.8. The number of hydrogen-bond donors (Lipinski definition) is 3. The highest BCUT2D eigenvalue weighted by atomic mass is 32.2. The topological polar surface area (TPSA) is 91.8 Å². The first kappa shape index (κ1) is 22.6. The van der Waals surface area contributed by atoms with Crippen molar-refractivity contribution in [3.05, 3.63) is 66.0 Å². The average molecular weight is 491 g/mol. The Morgan fingerprint density at radius 3 is 2.50 bits per heavy atom. The Morgan fingerprint density at radius 2 is 1.76 bits per heavy atom. The van der Waals surface area contributed by atoms with Crippen molar-refractivity contribution in [1.29, 1.82) is 0 Å². The van der Waals surface area contributed by atoms with Crippen molar-refractivity contribution in [2.75, 3.05) is 30.8 Å². The summed E-state index contributed by atoms with van der Waals surface area (Å²) in [6.45, 7) is 1.88. The first-order valence-electron chi connectivity index (χ1n) is 11.2. The number of hydrogen-bond acceptors (Lipinski definition) is 8. The molecule has 0 bridgehead atoms. The van der Waals surface area contributed by atoms with Gasteiger partial charge >= 0.3 is 0 Å². The van der Waals surface area contributed by atoms with Gasteiger partial charge in [-0.1, -0.05) is 29.6 Å². The summed E-state index contributed by atoms with van der Waals surface area (Å²) in [5.74, 6) is 0.521. The van der Waals surface area contributed by atoms with Gasteiger partial charge in [-0.25, -0.2) is 15.0 Å². The van der Waals surface area contributed by atoms with Crippen molar-refractivity contribution < 1.29 is 4.21 Å². The molecular weight excluding hydrogens is 464 g/mol. The van der Waals surface area contributed by atoms with E-state index in [1.54, 1.807) is 23.7 Å². The zero-order chi connectivity index (χ0) is 23.3. The van der Waals surface area contributed by atoms with E-state index in [0.29, 0.717) is 5.95 Å². The van der Waals surface area contributed by atoms with Crippen molar-refractivity contribution in [1.82, 2.24) is 20.3 Å². The molecule has 2 aromatic heterocycles. The number of aromatic nitrogens is 3. The quantitative estimate of drug-likeness (QED) is 0.339. The second-order valence-corrected chi connectivity index (χ2v) is 10.8. The molecular formula is C25H26N6OS2. The van der Waals surface area contributed by atoms with Gasteiger partial charge < -0.3 is 16.0 Å². The fraction of sp³-hybridized carbons (Fsp3) is 0.240. The van der Waals surface area contributed by atoms with Crippen LogP contribution in [0, 0.1) is 0 Å². The molecule has 0 amide bonds. The Bertz CT molecular complexity index is 1310. The number of rotatable bonds is 7. The van der Waals surface area contributed by atoms with Gasteiger partial charge in [-0.15, -0.1) is 0 Å². The van der Waals surface area contributed by atoms with Crippen LogP contribution in [0.4, 0.5) is 16.8 Å². The summed E-state index contributed by atoms with van der Waals surface area (Å²) in [5, 5.41) is 10.8. The molecule has 1 saturated heterocycles. The van der Waals surface area contributed by atoms with E-state index in [-0.39, 0.29) is 5.25 Å². The van der Waals surface area contributed by atoms with E-state index in [2.05, 4.69) is 49.1 Å². The van der Waals surface area contributed by atoms with Crippen LogP contribution in [-0.4, -0.2) is 44.5 Å². The molecule has 0 radical (unpaired) electrons. The Balaban J connectivity index is 1.20. The van der Waals surface area contributed by atoms with Crippen molar-refractivity contribution in [3.63, 3.8) is 0 Å². The van der Waals surface area contributed by atoms with Crippen LogP contribution in [0.5, 0.6) is 0 Å². The van der Waals surface area contributed by atoms with Crippen LogP contribution in [0.1, 0.15) is 24.0 Å². The van der Waals surface area contributed by atoms with Gasteiger partial charge in [-0.3, -0.25) is 4.21 Å². The van der Waals surface area contributed by atoms with Crippen LogP contribution < -0.4 is 16.0 Å². The van der Waals surface area contributed by atoms with Gasteiger partial charge in [0.2, 0.25) is 5.95 Å². The van der Waals surface area contributed by atoms with Crippen molar-refractivity contribution in [3.8, 4) is 0 Å². The predicted molar refractivity (Wildman–Crippen MR) is 142 cm³/mol. The van der Waals surface area contributed by atoms with E-state index >= 15 is 0 Å². The maximum atomic E-state index is 12.8. The molecule has 1 aliphatic heterocycles. The lowest BCUT2D eigenvalue weighted by molar-refractivity contribution is 0.519. The second kappa shape index (κ2) is 10.4. The first-order valence-corrected chi connectivity index (χ1v) is 13.3. The van der Waals surface area contributed by atoms with Gasteiger partial charge in [0, 0.05) is 40.8 Å². The van der Waals surface area contributed by atoms with Crippen molar-refractivity contribution in [2.24, 2.45) is 0 Å². The van der Waals surface area contributed by atoms with Gasteiger partial charge in [0.25, 0.3) is 0 Å². The molecule has 2 aromatic carbocycles. The van der Waals surface area contributed by atoms with Crippen LogP contribution in [0.25, 0.3) is 22.4 Å². The van der Waals surface area contributed by atoms with Crippen LogP contribution in [0.2, 0.25) is 0 Å². The number of thiazole rings is 1. The van der Waals surface area contributed by atoms with Crippen molar-refractivity contribution >= 4 is 61.3 Å². The Labute approximate surface area is 205 Å². The van der Waals surface area contributed by atoms with Crippen LogP contribution in [0.3, 0.4) is 0 Å². The lowest BCUT2D eigenvalue weighted by Gasteiger charge is -2.22. The van der Waals surface area contributed by atoms with Gasteiger partial charge in [0.1, 0.15) is 0 Å². The number of piperidine rings is 1. The molecule has 174 valence electrons. The molecule has 9 heteroatoms. The minimum atomic E-state index is -0.967. The molecule has 34 heavy (non-hydrogen) atoms. The normalized spacial score (nSPS) is 15.6. The number of nitrogens with one attached hydrogen (secondary N) is 3. The van der Waals surface area contributed by atoms with Crippen molar-refractivity contribution in [2.45, 2.75) is 23.0 Å². The van der Waals surface area contributed by atoms with E-state index in [4.69, 9.17) is 0 Å². The van der Waals surface area contributed by atoms with E-state index < -0.39 is 10.8 Å². The standard InChI is InChI=1S/C25H26N6OS2/c1-26-25-31-22-14-17(4-9-23(22)33-25)2-3-18-15-28-24(29-16-18)30-19-5-7-20(8-6-19)34(32)21-10-12-27-13-11-21/h2-9,14-16,21,27H,10-13H2,1H3,(H,26,31)(H,28,29,30)/b3-2+. The third kappa shape index (κ3) is 5.32. The Morgan fingerprint density at radius 1 is 1.03 bits per heavy atom. The summed E-state index contributed by atoms with van der Waals surface area (Å²) < 4.78 is 13.9. The third-order valence-electron chi connectivity index (χ3n) is 5.70. The lowest BCUT2D eigenvalue weighted by Crippen LogP contribution is -2.33. The smallest absolute Gasteiger partial charge is 0.227 e. The monoisotopic (exact) mass is 490 g/mol. The first-order chi connectivity index (χ1) is 16.7. The SMILES string of the molecule is CNc1nc2cc(/C=C/c3cnc(Nc4ccc(S(=O)C5CCNCC5)cc4)nc3)ccc2s1. The van der Waals surface area contributed by atoms with E-state index in [1.165, 1.54) is 0 Å². The second-order valence-electron chi connectivity index (χ2n) is 8.07. The van der Waals surface area contributed by atoms with Crippen LogP contribution >= 0.6 is 11.3 Å². The summed E-state index contributed by atoms with van der Waals surface area (Å²) >= 11 is 1.64. The van der Waals surface area contributed by atoms with Crippen LogP contribution in [-0.2, 0) is 10.8 Å². The van der Waals surface area contributed by atoms with Gasteiger partial charge in [0.15, 0.2) is 5.13 Å². The highest BCUT2D eigenvalue weighted by Gasteiger charge is 2.20. The number of nitrogens with zero attached hydrogens (tertiary/aromatic N) is 3. The number of anilines is 3. The molecule has 3 N–H and O–H groups in total. The molecule has 1 aliphatic rings. The highest BCUT2D eigenvalue weighted by molar-refractivity contribution is 7.85. The molecule has 0 aliphatic carbocycles.